The second-order valence-electron chi connectivity index (χ2n) is 25.8. The van der Waals surface area contributed by atoms with E-state index in [0.29, 0.717) is 64.3 Å². The fraction of sp³-hybridized carbons (Fsp3) is 0.814. The molecule has 9 N–H and O–H groups in total. The van der Waals surface area contributed by atoms with Gasteiger partial charge < -0.3 is 62.3 Å². The molecule has 0 aliphatic carbocycles. The number of nitrogens with one attached hydrogen (secondary N) is 8. The molecule has 3 fully saturated rings. The summed E-state index contributed by atoms with van der Waals surface area (Å²) >= 11 is 0. The van der Waals surface area contributed by atoms with Gasteiger partial charge in [0.25, 0.3) is 0 Å². The summed E-state index contributed by atoms with van der Waals surface area (Å²) in [7, 11) is 0. The van der Waals surface area contributed by atoms with E-state index in [1.54, 1.807) is 27.7 Å². The summed E-state index contributed by atoms with van der Waals surface area (Å²) < 4.78 is 0. The van der Waals surface area contributed by atoms with E-state index in [9.17, 15) is 57.8 Å². The number of hydrogen-bond donors (Lipinski definition) is 9. The molecular weight excluding hydrogens is 1050 g/mol. The van der Waals surface area contributed by atoms with E-state index in [4.69, 9.17) is 0 Å². The van der Waals surface area contributed by atoms with Gasteiger partial charge in [0.1, 0.15) is 58.9 Å². The number of hydrogen-bond acceptors (Lipinski definition) is 12. The highest BCUT2D eigenvalue weighted by atomic mass is 16.3. The van der Waals surface area contributed by atoms with Gasteiger partial charge in [-0.2, -0.15) is 0 Å². The Balaban J connectivity index is 1.76. The first-order chi connectivity index (χ1) is 38.1. The molecule has 3 aliphatic rings. The van der Waals surface area contributed by atoms with Gasteiger partial charge in [0.2, 0.25) is 65.0 Å². The predicted molar refractivity (Wildman–Crippen MR) is 311 cm³/mol. The lowest BCUT2D eigenvalue weighted by molar-refractivity contribution is -0.147. The molecule has 0 aromatic rings. The van der Waals surface area contributed by atoms with Crippen molar-refractivity contribution < 1.29 is 57.8 Å². The summed E-state index contributed by atoms with van der Waals surface area (Å²) in [6.07, 6.45) is 4.71. The fourth-order valence-corrected chi connectivity index (χ4v) is 11.1. The topological polar surface area (TPSA) is 314 Å². The molecule has 0 aromatic carbocycles. The summed E-state index contributed by atoms with van der Waals surface area (Å²) in [4.78, 5) is 157. The van der Waals surface area contributed by atoms with Crippen LogP contribution in [0.25, 0.3) is 0 Å². The Morgan fingerprint density at radius 3 is 1.09 bits per heavy atom. The molecule has 0 spiro atoms. The number of likely N-dealkylation sites (tertiary alicyclic amines) is 3. The Bertz CT molecular complexity index is 2290. The summed E-state index contributed by atoms with van der Waals surface area (Å²) in [5.74, 6) is -6.95. The number of aliphatic hydroxyl groups excluding tert-OH is 1. The number of nitrogens with zero attached hydrogens (tertiary/aromatic N) is 3. The van der Waals surface area contributed by atoms with Gasteiger partial charge in [-0.3, -0.25) is 52.7 Å². The van der Waals surface area contributed by atoms with Gasteiger partial charge in [0.15, 0.2) is 0 Å². The van der Waals surface area contributed by atoms with Crippen molar-refractivity contribution in [3.05, 3.63) is 0 Å². The molecule has 3 saturated heterocycles. The Hall–Kier alpha value is -5.87. The smallest absolute Gasteiger partial charge is 0.248 e. The zero-order valence-corrected chi connectivity index (χ0v) is 52.4. The van der Waals surface area contributed by atoms with Crippen LogP contribution in [0.2, 0.25) is 0 Å². The van der Waals surface area contributed by atoms with Crippen LogP contribution < -0.4 is 42.5 Å². The average Bonchev–Trinajstić information content (AvgIpc) is 4.21. The average molecular weight is 1160 g/mol. The van der Waals surface area contributed by atoms with Crippen molar-refractivity contribution in [2.45, 2.75) is 253 Å². The minimum atomic E-state index is -1.60. The van der Waals surface area contributed by atoms with Gasteiger partial charge in [0, 0.05) is 26.6 Å². The molecule has 466 valence electrons. The van der Waals surface area contributed by atoms with Crippen molar-refractivity contribution in [2.75, 3.05) is 26.2 Å². The zero-order valence-electron chi connectivity index (χ0n) is 52.4. The van der Waals surface area contributed by atoms with Crippen LogP contribution in [-0.2, 0) is 52.7 Å². The van der Waals surface area contributed by atoms with Gasteiger partial charge in [0.05, 0.1) is 12.6 Å². The third-order valence-electron chi connectivity index (χ3n) is 16.5. The van der Waals surface area contributed by atoms with Crippen LogP contribution in [0.3, 0.4) is 0 Å². The summed E-state index contributed by atoms with van der Waals surface area (Å²) in [6.45, 7) is 29.6. The van der Waals surface area contributed by atoms with Crippen molar-refractivity contribution in [1.29, 1.82) is 0 Å². The van der Waals surface area contributed by atoms with E-state index in [1.165, 1.54) is 49.3 Å². The van der Waals surface area contributed by atoms with Gasteiger partial charge in [-0.05, 0) is 122 Å². The van der Waals surface area contributed by atoms with Crippen LogP contribution in [-0.4, -0.2) is 176 Å². The first-order valence-corrected chi connectivity index (χ1v) is 30.1. The Labute approximate surface area is 487 Å². The Morgan fingerprint density at radius 2 is 0.768 bits per heavy atom. The second kappa shape index (κ2) is 30.6. The largest absolute Gasteiger partial charge is 0.394 e. The third-order valence-corrected chi connectivity index (χ3v) is 16.5. The Morgan fingerprint density at radius 1 is 0.451 bits per heavy atom. The first-order valence-electron chi connectivity index (χ1n) is 30.1. The number of carbonyl (C=O) groups is 11. The maximum atomic E-state index is 14.5. The molecule has 0 saturated carbocycles. The lowest BCUT2D eigenvalue weighted by Gasteiger charge is -2.37. The predicted octanol–water partition coefficient (Wildman–Crippen LogP) is 2.31. The van der Waals surface area contributed by atoms with Gasteiger partial charge in [-0.1, -0.05) is 88.5 Å². The van der Waals surface area contributed by atoms with Crippen LogP contribution in [0, 0.1) is 29.6 Å². The molecule has 0 bridgehead atoms. The first kappa shape index (κ1) is 70.4. The van der Waals surface area contributed by atoms with Gasteiger partial charge >= 0.3 is 0 Å². The van der Waals surface area contributed by atoms with Crippen molar-refractivity contribution in [2.24, 2.45) is 29.6 Å². The molecule has 0 aromatic heterocycles. The van der Waals surface area contributed by atoms with Crippen molar-refractivity contribution in [3.8, 4) is 0 Å². The van der Waals surface area contributed by atoms with E-state index in [0.717, 1.165) is 0 Å². The van der Waals surface area contributed by atoms with Crippen LogP contribution in [0.5, 0.6) is 0 Å². The maximum absolute atomic E-state index is 14.5. The fourth-order valence-electron chi connectivity index (χ4n) is 11.1. The molecule has 3 rings (SSSR count). The highest BCUT2D eigenvalue weighted by Crippen LogP contribution is 2.27. The van der Waals surface area contributed by atoms with E-state index < -0.39 is 136 Å². The van der Waals surface area contributed by atoms with Gasteiger partial charge in [-0.15, -0.1) is 0 Å². The molecule has 0 unspecified atom stereocenters. The third kappa shape index (κ3) is 18.8. The SMILES string of the molecule is CC[C@H](C)[C@H](NC(C)=O)C(=O)NC(C)(C)C(=O)N1CCC[C@H]1C(=O)N[C@H](C(=O)NC(C)(C)C(=O)N1CCC[C@H]1C(=O)N[C@@H](CC(C)C)C(=O)N[C@H](C(=O)NC(C)(C)C(=O)N1CCC[C@H]1C(=O)N[C@H](CO)CC(C)C)[C@@H](C)CC)[C@@H](C)CC. The standard InChI is InChI=1S/C59H103N11O12/c1-18-35(8)44(60-38(11)72)51(77)65-57(12,13)56(82)70-29-23-26-43(70)50(76)64-46(37(10)20-3)53(79)67-59(16,17)55(81)69-28-22-25-42(69)49(75)62-40(31-34(6)7)47(73)63-45(36(9)19-2)52(78)66-58(14,15)54(80)68-27-21-24-41(68)48(74)61-39(32-71)30-33(4)5/h33-37,39-46,71H,18-32H2,1-17H3,(H,60,72)(H,61,74)(H,62,75)(H,63,73)(H,64,76)(H,65,77)(H,66,78)(H,67,79)/t35-,36-,37-,39-,40-,41-,42-,43-,44-,45-,46-/m0/s1. The number of amides is 11. The molecule has 3 heterocycles. The number of carbonyl (C=O) groups excluding carboxylic acids is 11. The number of aliphatic hydroxyl groups is 1. The summed E-state index contributed by atoms with van der Waals surface area (Å²) in [5.41, 5.74) is -4.57. The van der Waals surface area contributed by atoms with E-state index >= 15 is 0 Å². The molecule has 23 nitrogen and oxygen atoms in total. The van der Waals surface area contributed by atoms with Crippen molar-refractivity contribution in [3.63, 3.8) is 0 Å². The highest BCUT2D eigenvalue weighted by Gasteiger charge is 2.48. The quantitative estimate of drug-likeness (QED) is 0.0522. The molecule has 0 radical (unpaired) electrons. The van der Waals surface area contributed by atoms with Crippen LogP contribution >= 0.6 is 0 Å². The number of rotatable bonds is 29. The van der Waals surface area contributed by atoms with Gasteiger partial charge in [-0.25, -0.2) is 0 Å². The lowest BCUT2D eigenvalue weighted by atomic mass is 9.94. The lowest BCUT2D eigenvalue weighted by Crippen LogP contribution is -2.65. The minimum absolute atomic E-state index is 0.108. The minimum Gasteiger partial charge on any atom is -0.394 e. The molecule has 11 amide bonds. The summed E-state index contributed by atoms with van der Waals surface area (Å²) in [5, 5.41) is 32.5. The molecule has 11 atom stereocenters. The molecule has 23 heteroatoms. The Kier molecular flexibility index (Phi) is 26.3. The normalized spacial score (nSPS) is 20.6. The van der Waals surface area contributed by atoms with Crippen molar-refractivity contribution in [1.82, 2.24) is 57.2 Å². The van der Waals surface area contributed by atoms with Crippen LogP contribution in [0.15, 0.2) is 0 Å². The van der Waals surface area contributed by atoms with E-state index in [-0.39, 0.29) is 56.2 Å². The summed E-state index contributed by atoms with van der Waals surface area (Å²) in [6, 6.07) is -7.55. The van der Waals surface area contributed by atoms with E-state index in [1.807, 2.05) is 55.4 Å². The molecular formula is C59H103N11O12. The second-order valence-corrected chi connectivity index (χ2v) is 25.8. The molecule has 82 heavy (non-hydrogen) atoms. The van der Waals surface area contributed by atoms with Crippen molar-refractivity contribution >= 4 is 65.0 Å². The van der Waals surface area contributed by atoms with Crippen LogP contribution in [0.1, 0.15) is 188 Å². The molecule has 3 aliphatic heterocycles. The monoisotopic (exact) mass is 1160 g/mol. The highest BCUT2D eigenvalue weighted by molar-refractivity contribution is 6.01. The maximum Gasteiger partial charge on any atom is 0.248 e. The van der Waals surface area contributed by atoms with Crippen LogP contribution in [0.4, 0.5) is 0 Å². The zero-order chi connectivity index (χ0) is 62.4. The van der Waals surface area contributed by atoms with E-state index in [2.05, 4.69) is 42.5 Å².